The van der Waals surface area contributed by atoms with E-state index in [9.17, 15) is 0 Å². The minimum atomic E-state index is 0.201. The molecule has 0 saturated carbocycles. The van der Waals surface area contributed by atoms with E-state index >= 15 is 0 Å². The molecule has 1 atom stereocenters. The molecule has 1 N–H and O–H groups in total. The predicted octanol–water partition coefficient (Wildman–Crippen LogP) is 4.11. The van der Waals surface area contributed by atoms with E-state index in [0.717, 1.165) is 6.42 Å². The average Bonchev–Trinajstić information content (AvgIpc) is 2.56. The van der Waals surface area contributed by atoms with Crippen LogP contribution >= 0.6 is 0 Å². The molecule has 106 valence electrons. The molecule has 1 heterocycles. The van der Waals surface area contributed by atoms with Gasteiger partial charge in [-0.05, 0) is 53.1 Å². The molecule has 1 aromatic heterocycles. The van der Waals surface area contributed by atoms with Crippen molar-refractivity contribution in [2.24, 2.45) is 0 Å². The molecule has 2 aromatic carbocycles. The molecular weight excluding hydrogens is 256 g/mol. The Bertz CT molecular complexity index is 749. The van der Waals surface area contributed by atoms with Gasteiger partial charge in [-0.25, -0.2) is 0 Å². The summed E-state index contributed by atoms with van der Waals surface area (Å²) in [6.07, 6.45) is 4.84. The van der Waals surface area contributed by atoms with Crippen LogP contribution in [0.4, 0.5) is 0 Å². The monoisotopic (exact) mass is 276 g/mol. The molecule has 0 amide bonds. The summed E-state index contributed by atoms with van der Waals surface area (Å²) in [6.45, 7) is 2.17. The lowest BCUT2D eigenvalue weighted by Gasteiger charge is -2.20. The summed E-state index contributed by atoms with van der Waals surface area (Å²) in [5.41, 5.74) is 3.90. The number of nitrogens with one attached hydrogen (secondary N) is 1. The summed E-state index contributed by atoms with van der Waals surface area (Å²) in [6, 6.07) is 17.5. The van der Waals surface area contributed by atoms with Crippen LogP contribution < -0.4 is 5.32 Å². The van der Waals surface area contributed by atoms with Crippen LogP contribution in [0.25, 0.3) is 10.8 Å². The minimum absolute atomic E-state index is 0.201. The maximum absolute atomic E-state index is 4.25. The highest BCUT2D eigenvalue weighted by Gasteiger charge is 2.15. The Balaban J connectivity index is 2.09. The number of fused-ring (bicyclic) bond motifs is 1. The fraction of sp³-hybridized carbons (Fsp3) is 0.211. The van der Waals surface area contributed by atoms with Crippen LogP contribution in [0.1, 0.15) is 29.7 Å². The Labute approximate surface area is 125 Å². The van der Waals surface area contributed by atoms with Crippen molar-refractivity contribution in [2.75, 3.05) is 7.05 Å². The maximum Gasteiger partial charge on any atom is 0.0578 e. The molecule has 21 heavy (non-hydrogen) atoms. The summed E-state index contributed by atoms with van der Waals surface area (Å²) in [5, 5.41) is 6.01. The molecule has 2 nitrogen and oxygen atoms in total. The standard InChI is InChI=1S/C19H20N2/c1-3-14-13-21-11-10-18(14)19(20-2)17-9-8-15-6-4-5-7-16(15)12-17/h4-13,19-20H,3H2,1-2H3. The Morgan fingerprint density at radius 3 is 2.62 bits per heavy atom. The van der Waals surface area contributed by atoms with E-state index in [1.165, 1.54) is 27.5 Å². The van der Waals surface area contributed by atoms with E-state index in [1.807, 2.05) is 19.4 Å². The maximum atomic E-state index is 4.25. The lowest BCUT2D eigenvalue weighted by molar-refractivity contribution is 0.683. The SMILES string of the molecule is CCc1cnccc1C(NC)c1ccc2ccccc2c1. The molecule has 0 aliphatic carbocycles. The number of hydrogen-bond donors (Lipinski definition) is 1. The Kier molecular flexibility index (Phi) is 3.98. The molecule has 0 aliphatic rings. The summed E-state index contributed by atoms with van der Waals surface area (Å²) < 4.78 is 0. The number of benzene rings is 2. The third-order valence-corrected chi connectivity index (χ3v) is 4.03. The van der Waals surface area contributed by atoms with Crippen molar-refractivity contribution in [1.29, 1.82) is 0 Å². The summed E-state index contributed by atoms with van der Waals surface area (Å²) in [5.74, 6) is 0. The lowest BCUT2D eigenvalue weighted by atomic mass is 9.93. The topological polar surface area (TPSA) is 24.9 Å². The van der Waals surface area contributed by atoms with Gasteiger partial charge in [0, 0.05) is 12.4 Å². The molecule has 3 aromatic rings. The van der Waals surface area contributed by atoms with Gasteiger partial charge in [-0.1, -0.05) is 43.3 Å². The zero-order valence-electron chi connectivity index (χ0n) is 12.5. The van der Waals surface area contributed by atoms with Gasteiger partial charge in [0.2, 0.25) is 0 Å². The largest absolute Gasteiger partial charge is 0.309 e. The minimum Gasteiger partial charge on any atom is -0.309 e. The average molecular weight is 276 g/mol. The summed E-state index contributed by atoms with van der Waals surface area (Å²) >= 11 is 0. The first-order valence-electron chi connectivity index (χ1n) is 7.42. The molecule has 0 saturated heterocycles. The first kappa shape index (κ1) is 13.8. The van der Waals surface area contributed by atoms with Crippen LogP contribution in [-0.4, -0.2) is 12.0 Å². The summed E-state index contributed by atoms with van der Waals surface area (Å²) in [4.78, 5) is 4.25. The van der Waals surface area contributed by atoms with Gasteiger partial charge < -0.3 is 5.32 Å². The van der Waals surface area contributed by atoms with Crippen molar-refractivity contribution in [3.63, 3.8) is 0 Å². The second-order valence-corrected chi connectivity index (χ2v) is 5.26. The van der Waals surface area contributed by atoms with Crippen LogP contribution in [0.2, 0.25) is 0 Å². The van der Waals surface area contributed by atoms with Crippen LogP contribution in [-0.2, 0) is 6.42 Å². The predicted molar refractivity (Wildman–Crippen MR) is 88.5 cm³/mol. The second-order valence-electron chi connectivity index (χ2n) is 5.26. The first-order chi connectivity index (χ1) is 10.3. The second kappa shape index (κ2) is 6.06. The smallest absolute Gasteiger partial charge is 0.0578 e. The summed E-state index contributed by atoms with van der Waals surface area (Å²) in [7, 11) is 2.01. The van der Waals surface area contributed by atoms with Gasteiger partial charge in [0.1, 0.15) is 0 Å². The third-order valence-electron chi connectivity index (χ3n) is 4.03. The molecule has 2 heteroatoms. The van der Waals surface area contributed by atoms with E-state index in [0.29, 0.717) is 0 Å². The van der Waals surface area contributed by atoms with Gasteiger partial charge in [-0.2, -0.15) is 0 Å². The number of pyridine rings is 1. The van der Waals surface area contributed by atoms with E-state index in [4.69, 9.17) is 0 Å². The van der Waals surface area contributed by atoms with Crippen molar-refractivity contribution in [2.45, 2.75) is 19.4 Å². The van der Waals surface area contributed by atoms with Crippen molar-refractivity contribution in [3.05, 3.63) is 77.6 Å². The number of aryl methyl sites for hydroxylation is 1. The van der Waals surface area contributed by atoms with Crippen molar-refractivity contribution < 1.29 is 0 Å². The normalized spacial score (nSPS) is 12.5. The van der Waals surface area contributed by atoms with Crippen molar-refractivity contribution in [1.82, 2.24) is 10.3 Å². The molecule has 0 fully saturated rings. The Morgan fingerprint density at radius 1 is 1.05 bits per heavy atom. The van der Waals surface area contributed by atoms with Crippen LogP contribution in [0, 0.1) is 0 Å². The molecule has 0 spiro atoms. The molecule has 1 unspecified atom stereocenters. The molecule has 0 bridgehead atoms. The van der Waals surface area contributed by atoms with E-state index in [2.05, 4.69) is 65.8 Å². The molecule has 0 radical (unpaired) electrons. The van der Waals surface area contributed by atoms with Crippen molar-refractivity contribution in [3.8, 4) is 0 Å². The highest BCUT2D eigenvalue weighted by Crippen LogP contribution is 2.27. The number of rotatable bonds is 4. The number of hydrogen-bond acceptors (Lipinski definition) is 2. The van der Waals surface area contributed by atoms with Gasteiger partial charge >= 0.3 is 0 Å². The van der Waals surface area contributed by atoms with Crippen molar-refractivity contribution >= 4 is 10.8 Å². The quantitative estimate of drug-likeness (QED) is 0.776. The highest BCUT2D eigenvalue weighted by atomic mass is 14.9. The van der Waals surface area contributed by atoms with Gasteiger partial charge in [0.05, 0.1) is 6.04 Å². The van der Waals surface area contributed by atoms with E-state index in [1.54, 1.807) is 0 Å². The van der Waals surface area contributed by atoms with Crippen LogP contribution in [0.3, 0.4) is 0 Å². The van der Waals surface area contributed by atoms with Gasteiger partial charge in [0.25, 0.3) is 0 Å². The van der Waals surface area contributed by atoms with Gasteiger partial charge in [0.15, 0.2) is 0 Å². The fourth-order valence-electron chi connectivity index (χ4n) is 2.90. The Hall–Kier alpha value is -2.19. The fourth-order valence-corrected chi connectivity index (χ4v) is 2.90. The zero-order chi connectivity index (χ0) is 14.7. The molecule has 3 rings (SSSR count). The first-order valence-corrected chi connectivity index (χ1v) is 7.42. The Morgan fingerprint density at radius 2 is 1.86 bits per heavy atom. The third kappa shape index (κ3) is 2.67. The van der Waals surface area contributed by atoms with Gasteiger partial charge in [-0.15, -0.1) is 0 Å². The van der Waals surface area contributed by atoms with Gasteiger partial charge in [-0.3, -0.25) is 4.98 Å². The van der Waals surface area contributed by atoms with E-state index in [-0.39, 0.29) is 6.04 Å². The lowest BCUT2D eigenvalue weighted by Crippen LogP contribution is -2.19. The number of aromatic nitrogens is 1. The number of nitrogens with zero attached hydrogens (tertiary/aromatic N) is 1. The van der Waals surface area contributed by atoms with Crippen LogP contribution in [0.15, 0.2) is 60.9 Å². The van der Waals surface area contributed by atoms with E-state index < -0.39 is 0 Å². The zero-order valence-corrected chi connectivity index (χ0v) is 12.5. The molecular formula is C19H20N2. The van der Waals surface area contributed by atoms with Crippen LogP contribution in [0.5, 0.6) is 0 Å². The highest BCUT2D eigenvalue weighted by molar-refractivity contribution is 5.83. The molecule has 0 aliphatic heterocycles.